The molecular weight excluding hydrogens is 384 g/mol. The number of piperidine rings is 1. The molecule has 0 saturated carbocycles. The Morgan fingerprint density at radius 3 is 2.80 bits per heavy atom. The lowest BCUT2D eigenvalue weighted by Crippen LogP contribution is -2.40. The molecule has 8 heteroatoms. The molecular formula is C22H20N4O4. The van der Waals surface area contributed by atoms with Gasteiger partial charge in [-0.15, -0.1) is 0 Å². The smallest absolute Gasteiger partial charge is 0.289 e. The van der Waals surface area contributed by atoms with Crippen molar-refractivity contribution in [1.29, 1.82) is 0 Å². The van der Waals surface area contributed by atoms with Crippen molar-refractivity contribution in [3.8, 4) is 5.75 Å². The number of pyridine rings is 1. The summed E-state index contributed by atoms with van der Waals surface area (Å²) < 4.78 is 12.8. The van der Waals surface area contributed by atoms with E-state index in [1.54, 1.807) is 53.4 Å². The Bertz CT molecular complexity index is 1300. The van der Waals surface area contributed by atoms with Crippen LogP contribution in [-0.2, 0) is 0 Å². The molecule has 152 valence electrons. The highest BCUT2D eigenvalue weighted by Crippen LogP contribution is 2.30. The van der Waals surface area contributed by atoms with Gasteiger partial charge < -0.3 is 14.1 Å². The number of furan rings is 1. The molecule has 0 radical (unpaired) electrons. The molecule has 1 aliphatic heterocycles. The highest BCUT2D eigenvalue weighted by Gasteiger charge is 2.27. The topological polar surface area (TPSA) is 90.5 Å². The molecule has 1 saturated heterocycles. The molecule has 0 aliphatic carbocycles. The minimum absolute atomic E-state index is 0.00516. The van der Waals surface area contributed by atoms with E-state index in [2.05, 4.69) is 9.97 Å². The van der Waals surface area contributed by atoms with Crippen LogP contribution in [-0.4, -0.2) is 45.5 Å². The number of para-hydroxylation sites is 1. The Morgan fingerprint density at radius 2 is 2.00 bits per heavy atom. The molecule has 4 aromatic rings. The second kappa shape index (κ2) is 7.29. The Balaban J connectivity index is 1.34. The molecule has 1 amide bonds. The normalized spacial score (nSPS) is 15.0. The number of carbonyl (C=O) groups excluding carboxylic acids is 1. The van der Waals surface area contributed by atoms with Gasteiger partial charge in [-0.1, -0.05) is 12.1 Å². The largest absolute Gasteiger partial charge is 0.493 e. The summed E-state index contributed by atoms with van der Waals surface area (Å²) in [6, 6.07) is 10.8. The van der Waals surface area contributed by atoms with E-state index in [0.717, 1.165) is 5.39 Å². The molecule has 8 nitrogen and oxygen atoms in total. The summed E-state index contributed by atoms with van der Waals surface area (Å²) in [6.07, 6.45) is 4.52. The number of rotatable bonds is 3. The van der Waals surface area contributed by atoms with Crippen molar-refractivity contribution in [3.63, 3.8) is 0 Å². The van der Waals surface area contributed by atoms with Crippen molar-refractivity contribution in [2.24, 2.45) is 0 Å². The van der Waals surface area contributed by atoms with E-state index in [9.17, 15) is 9.59 Å². The number of methoxy groups -OCH3 is 1. The molecule has 30 heavy (non-hydrogen) atoms. The van der Waals surface area contributed by atoms with Crippen LogP contribution < -0.4 is 10.3 Å². The maximum atomic E-state index is 13.0. The minimum atomic E-state index is -0.153. The lowest BCUT2D eigenvalue weighted by atomic mass is 10.0. The molecule has 1 fully saturated rings. The highest BCUT2D eigenvalue weighted by molar-refractivity contribution is 5.97. The average Bonchev–Trinajstić information content (AvgIpc) is 3.24. The molecule has 0 atom stereocenters. The first-order valence-corrected chi connectivity index (χ1v) is 9.83. The van der Waals surface area contributed by atoms with Gasteiger partial charge in [0, 0.05) is 30.7 Å². The van der Waals surface area contributed by atoms with E-state index < -0.39 is 0 Å². The zero-order valence-corrected chi connectivity index (χ0v) is 16.4. The lowest BCUT2D eigenvalue weighted by molar-refractivity contribution is 0.0663. The van der Waals surface area contributed by atoms with Crippen molar-refractivity contribution in [2.75, 3.05) is 20.2 Å². The van der Waals surface area contributed by atoms with Crippen LogP contribution in [0.1, 0.15) is 29.4 Å². The number of carbonyl (C=O) groups is 1. The Kier molecular flexibility index (Phi) is 4.46. The molecule has 5 rings (SSSR count). The Morgan fingerprint density at radius 1 is 1.17 bits per heavy atom. The molecule has 3 aromatic heterocycles. The lowest BCUT2D eigenvalue weighted by Gasteiger charge is -2.32. The fraction of sp³-hybridized carbons (Fsp3) is 0.273. The van der Waals surface area contributed by atoms with Crippen molar-refractivity contribution in [3.05, 3.63) is 65.0 Å². The molecule has 0 spiro atoms. The molecule has 0 unspecified atom stereocenters. The number of aromatic nitrogens is 3. The maximum Gasteiger partial charge on any atom is 0.289 e. The second-order valence-electron chi connectivity index (χ2n) is 7.34. The molecule has 0 N–H and O–H groups in total. The van der Waals surface area contributed by atoms with Crippen molar-refractivity contribution in [1.82, 2.24) is 19.4 Å². The Hall–Kier alpha value is -3.68. The van der Waals surface area contributed by atoms with Crippen LogP contribution >= 0.6 is 0 Å². The van der Waals surface area contributed by atoms with E-state index in [0.29, 0.717) is 54.1 Å². The standard InChI is InChI=1S/C22H20N4O4/c1-29-17-6-2-4-14-12-18(30-19(14)17)22(28)25-10-7-15(8-11-25)26-13-24-20-16(21(26)27)5-3-9-23-20/h2-6,9,12-13,15H,7-8,10-11H2,1H3. The summed E-state index contributed by atoms with van der Waals surface area (Å²) in [4.78, 5) is 36.0. The highest BCUT2D eigenvalue weighted by atomic mass is 16.5. The van der Waals surface area contributed by atoms with E-state index >= 15 is 0 Å². The fourth-order valence-corrected chi connectivity index (χ4v) is 4.04. The quantitative estimate of drug-likeness (QED) is 0.521. The summed E-state index contributed by atoms with van der Waals surface area (Å²) in [6.45, 7) is 1.07. The van der Waals surface area contributed by atoms with Crippen molar-refractivity contribution >= 4 is 27.9 Å². The van der Waals surface area contributed by atoms with Gasteiger partial charge in [0.05, 0.1) is 12.5 Å². The molecule has 1 aliphatic rings. The minimum Gasteiger partial charge on any atom is -0.493 e. The third-order valence-electron chi connectivity index (χ3n) is 5.64. The average molecular weight is 404 g/mol. The first kappa shape index (κ1) is 18.4. The summed E-state index contributed by atoms with van der Waals surface area (Å²) in [5.41, 5.74) is 0.926. The van der Waals surface area contributed by atoms with Gasteiger partial charge in [0.15, 0.2) is 22.7 Å². The van der Waals surface area contributed by atoms with Crippen LogP contribution in [0.3, 0.4) is 0 Å². The van der Waals surface area contributed by atoms with Crippen molar-refractivity contribution < 1.29 is 13.9 Å². The van der Waals surface area contributed by atoms with Gasteiger partial charge in [0.2, 0.25) is 0 Å². The molecule has 0 bridgehead atoms. The monoisotopic (exact) mass is 404 g/mol. The zero-order valence-electron chi connectivity index (χ0n) is 16.4. The number of fused-ring (bicyclic) bond motifs is 2. The fourth-order valence-electron chi connectivity index (χ4n) is 4.04. The zero-order chi connectivity index (χ0) is 20.7. The summed E-state index contributed by atoms with van der Waals surface area (Å²) in [7, 11) is 1.57. The maximum absolute atomic E-state index is 13.0. The van der Waals surface area contributed by atoms with Crippen LogP contribution in [0.2, 0.25) is 0 Å². The second-order valence-corrected chi connectivity index (χ2v) is 7.34. The number of amides is 1. The number of hydrogen-bond donors (Lipinski definition) is 0. The molecule has 4 heterocycles. The number of hydrogen-bond acceptors (Lipinski definition) is 6. The van der Waals surface area contributed by atoms with Gasteiger partial charge >= 0.3 is 0 Å². The van der Waals surface area contributed by atoms with E-state index in [-0.39, 0.29) is 17.5 Å². The van der Waals surface area contributed by atoms with Gasteiger partial charge in [0.1, 0.15) is 6.33 Å². The number of nitrogens with zero attached hydrogens (tertiary/aromatic N) is 4. The summed E-state index contributed by atoms with van der Waals surface area (Å²) >= 11 is 0. The van der Waals surface area contributed by atoms with Crippen LogP contribution in [0.4, 0.5) is 0 Å². The summed E-state index contributed by atoms with van der Waals surface area (Å²) in [5.74, 6) is 0.742. The first-order valence-electron chi connectivity index (χ1n) is 9.83. The van der Waals surface area contributed by atoms with Gasteiger partial charge in [-0.3, -0.25) is 14.2 Å². The van der Waals surface area contributed by atoms with E-state index in [1.807, 2.05) is 12.1 Å². The SMILES string of the molecule is COc1cccc2cc(C(=O)N3CCC(n4cnc5ncccc5c4=O)CC3)oc12. The van der Waals surface area contributed by atoms with Gasteiger partial charge in [0.25, 0.3) is 11.5 Å². The van der Waals surface area contributed by atoms with Crippen LogP contribution in [0.25, 0.3) is 22.0 Å². The Labute approximate surface area is 171 Å². The predicted molar refractivity (Wildman–Crippen MR) is 111 cm³/mol. The third-order valence-corrected chi connectivity index (χ3v) is 5.64. The first-order chi connectivity index (χ1) is 14.7. The van der Waals surface area contributed by atoms with Crippen molar-refractivity contribution in [2.45, 2.75) is 18.9 Å². The van der Waals surface area contributed by atoms with Gasteiger partial charge in [-0.25, -0.2) is 9.97 Å². The summed E-state index contributed by atoms with van der Waals surface area (Å²) in [5, 5.41) is 1.34. The van der Waals surface area contributed by atoms with Crippen LogP contribution in [0.15, 0.2) is 58.1 Å². The number of benzene rings is 1. The number of ether oxygens (including phenoxy) is 1. The van der Waals surface area contributed by atoms with Crippen LogP contribution in [0.5, 0.6) is 5.75 Å². The number of likely N-dealkylation sites (tertiary alicyclic amines) is 1. The van der Waals surface area contributed by atoms with Crippen LogP contribution in [0, 0.1) is 0 Å². The van der Waals surface area contributed by atoms with Gasteiger partial charge in [-0.05, 0) is 37.1 Å². The van der Waals surface area contributed by atoms with Gasteiger partial charge in [-0.2, -0.15) is 0 Å². The predicted octanol–water partition coefficient (Wildman–Crippen LogP) is 3.02. The van der Waals surface area contributed by atoms with E-state index in [1.165, 1.54) is 0 Å². The molecule has 1 aromatic carbocycles. The van der Waals surface area contributed by atoms with E-state index in [4.69, 9.17) is 9.15 Å². The third kappa shape index (κ3) is 3.01.